The first-order valence-electron chi connectivity index (χ1n) is 7.75. The summed E-state index contributed by atoms with van der Waals surface area (Å²) in [5.41, 5.74) is 7.45. The number of unbranched alkanes of at least 4 members (excludes halogenated alkanes) is 1. The highest BCUT2D eigenvalue weighted by molar-refractivity contribution is 6.30. The van der Waals surface area contributed by atoms with Gasteiger partial charge >= 0.3 is 0 Å². The topological polar surface area (TPSA) is 26.0 Å². The van der Waals surface area contributed by atoms with Crippen LogP contribution in [0.3, 0.4) is 0 Å². The Labute approximate surface area is 126 Å². The highest BCUT2D eigenvalue weighted by atomic mass is 35.5. The molecule has 2 N–H and O–H groups in total. The van der Waals surface area contributed by atoms with Crippen molar-refractivity contribution in [3.8, 4) is 0 Å². The Morgan fingerprint density at radius 1 is 1.35 bits per heavy atom. The van der Waals surface area contributed by atoms with Crippen LogP contribution in [0.2, 0.25) is 5.02 Å². The maximum atomic E-state index is 13.2. The molecule has 1 aliphatic carbocycles. The van der Waals surface area contributed by atoms with Crippen molar-refractivity contribution in [1.29, 1.82) is 0 Å². The first-order valence-corrected chi connectivity index (χ1v) is 8.13. The van der Waals surface area contributed by atoms with E-state index in [0.29, 0.717) is 0 Å². The van der Waals surface area contributed by atoms with Crippen molar-refractivity contribution in [1.82, 2.24) is 0 Å². The third-order valence-corrected chi connectivity index (χ3v) is 4.90. The predicted molar refractivity (Wildman–Crippen MR) is 83.5 cm³/mol. The summed E-state index contributed by atoms with van der Waals surface area (Å²) in [6, 6.07) is 4.96. The minimum atomic E-state index is -0.357. The van der Waals surface area contributed by atoms with Crippen molar-refractivity contribution < 1.29 is 4.39 Å². The molecule has 0 atom stereocenters. The molecule has 1 aliphatic rings. The van der Waals surface area contributed by atoms with E-state index in [9.17, 15) is 4.39 Å². The van der Waals surface area contributed by atoms with Gasteiger partial charge in [-0.2, -0.15) is 0 Å². The Bertz CT molecular complexity index is 439. The van der Waals surface area contributed by atoms with E-state index in [-0.39, 0.29) is 16.4 Å². The number of halogens is 2. The van der Waals surface area contributed by atoms with E-state index in [1.54, 1.807) is 12.1 Å². The van der Waals surface area contributed by atoms with Crippen LogP contribution >= 0.6 is 11.6 Å². The summed E-state index contributed by atoms with van der Waals surface area (Å²) in [6.07, 6.45) is 9.33. The minimum absolute atomic E-state index is 0.135. The molecule has 2 rings (SSSR count). The van der Waals surface area contributed by atoms with Gasteiger partial charge in [-0.1, -0.05) is 43.9 Å². The molecular weight excluding hydrogens is 273 g/mol. The molecule has 112 valence electrons. The molecule has 3 heteroatoms. The Morgan fingerprint density at radius 3 is 2.65 bits per heavy atom. The molecule has 0 aromatic heterocycles. The summed E-state index contributed by atoms with van der Waals surface area (Å²) in [5.74, 6) is 0.494. The zero-order chi connectivity index (χ0) is 14.6. The molecule has 0 saturated heterocycles. The lowest BCUT2D eigenvalue weighted by Gasteiger charge is -2.37. The van der Waals surface area contributed by atoms with Gasteiger partial charge < -0.3 is 5.73 Å². The van der Waals surface area contributed by atoms with Crippen LogP contribution in [0.25, 0.3) is 0 Å². The summed E-state index contributed by atoms with van der Waals surface area (Å²) in [4.78, 5) is 0. The molecule has 0 spiro atoms. The van der Waals surface area contributed by atoms with Crippen LogP contribution in [0.5, 0.6) is 0 Å². The second kappa shape index (κ2) is 6.91. The minimum Gasteiger partial charge on any atom is -0.325 e. The van der Waals surface area contributed by atoms with Gasteiger partial charge in [0.05, 0.1) is 5.02 Å². The smallest absolute Gasteiger partial charge is 0.141 e. The van der Waals surface area contributed by atoms with E-state index in [0.717, 1.165) is 30.7 Å². The summed E-state index contributed by atoms with van der Waals surface area (Å²) in [6.45, 7) is 2.24. The Hall–Kier alpha value is -0.600. The van der Waals surface area contributed by atoms with Gasteiger partial charge in [0.25, 0.3) is 0 Å². The summed E-state index contributed by atoms with van der Waals surface area (Å²) in [7, 11) is 0. The van der Waals surface area contributed by atoms with Gasteiger partial charge in [-0.05, 0) is 55.7 Å². The number of rotatable bonds is 5. The lowest BCUT2D eigenvalue weighted by molar-refractivity contribution is 0.221. The Morgan fingerprint density at radius 2 is 2.05 bits per heavy atom. The maximum absolute atomic E-state index is 13.2. The molecular formula is C17H25ClFN. The molecule has 0 aliphatic heterocycles. The highest BCUT2D eigenvalue weighted by Gasteiger charge is 2.31. The van der Waals surface area contributed by atoms with Crippen molar-refractivity contribution >= 4 is 11.6 Å². The summed E-state index contributed by atoms with van der Waals surface area (Å²) in [5, 5.41) is 0.197. The average molecular weight is 298 g/mol. The number of hydrogen-bond acceptors (Lipinski definition) is 1. The number of nitrogens with two attached hydrogens (primary N) is 1. The average Bonchev–Trinajstić information content (AvgIpc) is 2.42. The molecule has 1 saturated carbocycles. The zero-order valence-corrected chi connectivity index (χ0v) is 13.1. The fourth-order valence-corrected chi connectivity index (χ4v) is 3.47. The van der Waals surface area contributed by atoms with E-state index < -0.39 is 0 Å². The molecule has 1 fully saturated rings. The summed E-state index contributed by atoms with van der Waals surface area (Å²) >= 11 is 5.84. The fourth-order valence-electron chi connectivity index (χ4n) is 3.27. The first-order chi connectivity index (χ1) is 9.52. The first kappa shape index (κ1) is 15.8. The molecule has 0 heterocycles. The van der Waals surface area contributed by atoms with Crippen LogP contribution in [-0.2, 0) is 6.42 Å². The van der Waals surface area contributed by atoms with Gasteiger partial charge in [0.2, 0.25) is 0 Å². The van der Waals surface area contributed by atoms with E-state index in [4.69, 9.17) is 17.3 Å². The van der Waals surface area contributed by atoms with Gasteiger partial charge in [-0.3, -0.25) is 0 Å². The third-order valence-electron chi connectivity index (χ3n) is 4.61. The quantitative estimate of drug-likeness (QED) is 0.804. The van der Waals surface area contributed by atoms with Crippen LogP contribution < -0.4 is 5.73 Å². The van der Waals surface area contributed by atoms with Gasteiger partial charge in [0.1, 0.15) is 5.82 Å². The van der Waals surface area contributed by atoms with Crippen LogP contribution in [-0.4, -0.2) is 5.54 Å². The second-order valence-electron chi connectivity index (χ2n) is 6.37. The lowest BCUT2D eigenvalue weighted by Crippen LogP contribution is -2.45. The fraction of sp³-hybridized carbons (Fsp3) is 0.647. The van der Waals surface area contributed by atoms with Crippen LogP contribution in [0.15, 0.2) is 18.2 Å². The largest absolute Gasteiger partial charge is 0.325 e. The molecule has 20 heavy (non-hydrogen) atoms. The van der Waals surface area contributed by atoms with Crippen molar-refractivity contribution in [3.63, 3.8) is 0 Å². The van der Waals surface area contributed by atoms with E-state index >= 15 is 0 Å². The molecule has 1 aromatic rings. The van der Waals surface area contributed by atoms with Crippen LogP contribution in [0, 0.1) is 11.7 Å². The Kier molecular flexibility index (Phi) is 5.45. The van der Waals surface area contributed by atoms with E-state index in [2.05, 4.69) is 6.92 Å². The maximum Gasteiger partial charge on any atom is 0.141 e. The van der Waals surface area contributed by atoms with Gasteiger partial charge in [-0.25, -0.2) is 4.39 Å². The van der Waals surface area contributed by atoms with Crippen molar-refractivity contribution in [2.75, 3.05) is 0 Å². The molecule has 1 nitrogen and oxygen atoms in total. The van der Waals surface area contributed by atoms with Gasteiger partial charge in [-0.15, -0.1) is 0 Å². The SMILES string of the molecule is CCCCC1CCC(N)(Cc2ccc(F)c(Cl)c2)CC1. The third kappa shape index (κ3) is 4.20. The Balaban J connectivity index is 1.91. The number of hydrogen-bond donors (Lipinski definition) is 1. The van der Waals surface area contributed by atoms with Crippen LogP contribution in [0.1, 0.15) is 57.4 Å². The van der Waals surface area contributed by atoms with Crippen LogP contribution in [0.4, 0.5) is 4.39 Å². The van der Waals surface area contributed by atoms with Gasteiger partial charge in [0.15, 0.2) is 0 Å². The molecule has 0 radical (unpaired) electrons. The second-order valence-corrected chi connectivity index (χ2v) is 6.78. The standard InChI is InChI=1S/C17H25ClFN/c1-2-3-4-13-7-9-17(20,10-8-13)12-14-5-6-16(19)15(18)11-14/h5-6,11,13H,2-4,7-10,12,20H2,1H3. The molecule has 0 amide bonds. The van der Waals surface area contributed by atoms with Gasteiger partial charge in [0, 0.05) is 5.54 Å². The normalized spacial score (nSPS) is 26.7. The highest BCUT2D eigenvalue weighted by Crippen LogP contribution is 2.35. The number of benzene rings is 1. The summed E-state index contributed by atoms with van der Waals surface area (Å²) < 4.78 is 13.2. The molecule has 0 bridgehead atoms. The van der Waals surface area contributed by atoms with Crippen molar-refractivity contribution in [2.45, 2.75) is 63.8 Å². The van der Waals surface area contributed by atoms with E-state index in [1.165, 1.54) is 38.2 Å². The molecule has 1 aromatic carbocycles. The molecule has 0 unspecified atom stereocenters. The predicted octanol–water partition coefficient (Wildman–Crippen LogP) is 5.10. The van der Waals surface area contributed by atoms with Crippen molar-refractivity contribution in [3.05, 3.63) is 34.6 Å². The lowest BCUT2D eigenvalue weighted by atomic mass is 9.73. The van der Waals surface area contributed by atoms with E-state index in [1.807, 2.05) is 0 Å². The van der Waals surface area contributed by atoms with Crippen molar-refractivity contribution in [2.24, 2.45) is 11.7 Å². The monoisotopic (exact) mass is 297 g/mol. The zero-order valence-electron chi connectivity index (χ0n) is 12.3.